The van der Waals surface area contributed by atoms with Crippen molar-refractivity contribution in [3.63, 3.8) is 0 Å². The first-order valence-corrected chi connectivity index (χ1v) is 12.4. The highest BCUT2D eigenvalue weighted by molar-refractivity contribution is 5.91. The van der Waals surface area contributed by atoms with Crippen LogP contribution < -0.4 is 15.4 Å². The van der Waals surface area contributed by atoms with Crippen LogP contribution in [0.4, 0.5) is 21.8 Å². The molecule has 192 valence electrons. The summed E-state index contributed by atoms with van der Waals surface area (Å²) in [5, 5.41) is 5.97. The average molecular weight is 503 g/mol. The number of benzene rings is 2. The molecule has 1 fully saturated rings. The Labute approximate surface area is 215 Å². The number of ether oxygens (including phenoxy) is 1. The van der Waals surface area contributed by atoms with Gasteiger partial charge in [0.05, 0.1) is 23.3 Å². The van der Waals surface area contributed by atoms with Crippen LogP contribution in [0, 0.1) is 5.82 Å². The molecule has 0 spiro atoms. The molecule has 0 unspecified atom stereocenters. The van der Waals surface area contributed by atoms with Gasteiger partial charge in [0.15, 0.2) is 0 Å². The summed E-state index contributed by atoms with van der Waals surface area (Å²) in [4.78, 5) is 23.2. The number of amides is 1. The summed E-state index contributed by atoms with van der Waals surface area (Å²) >= 11 is 0. The average Bonchev–Trinajstić information content (AvgIpc) is 3.12. The van der Waals surface area contributed by atoms with E-state index in [1.54, 1.807) is 24.4 Å². The Bertz CT molecular complexity index is 1460. The molecule has 0 bridgehead atoms. The van der Waals surface area contributed by atoms with Crippen LogP contribution in [-0.2, 0) is 17.3 Å². The van der Waals surface area contributed by atoms with E-state index in [0.717, 1.165) is 30.6 Å². The fraction of sp³-hybridized carbons (Fsp3) is 0.321. The molecule has 8 nitrogen and oxygen atoms in total. The minimum atomic E-state index is -0.338. The van der Waals surface area contributed by atoms with E-state index in [9.17, 15) is 9.18 Å². The first kappa shape index (κ1) is 24.7. The second kappa shape index (κ2) is 9.82. The van der Waals surface area contributed by atoms with Crippen LogP contribution in [0.25, 0.3) is 11.0 Å². The molecule has 4 aromatic rings. The van der Waals surface area contributed by atoms with Crippen LogP contribution in [-0.4, -0.2) is 45.0 Å². The SMILES string of the molecule is Cn1c(Nc2cc(C(C)(C)C)ccc2F)nc2cc(Oc3ccnc(NC(=O)CN4CCC4)c3)ccc21. The van der Waals surface area contributed by atoms with Gasteiger partial charge in [-0.2, -0.15) is 0 Å². The molecule has 1 saturated heterocycles. The highest BCUT2D eigenvalue weighted by Gasteiger charge is 2.18. The molecule has 37 heavy (non-hydrogen) atoms. The molecule has 2 N–H and O–H groups in total. The van der Waals surface area contributed by atoms with Crippen molar-refractivity contribution in [2.75, 3.05) is 30.3 Å². The zero-order valence-corrected chi connectivity index (χ0v) is 21.5. The number of carbonyl (C=O) groups excluding carboxylic acids is 1. The molecule has 1 amide bonds. The molecule has 0 saturated carbocycles. The van der Waals surface area contributed by atoms with Crippen LogP contribution in [0.3, 0.4) is 0 Å². The molecule has 2 aromatic heterocycles. The molecule has 1 aliphatic rings. The minimum absolute atomic E-state index is 0.0937. The van der Waals surface area contributed by atoms with Gasteiger partial charge in [-0.3, -0.25) is 9.69 Å². The van der Waals surface area contributed by atoms with Gasteiger partial charge in [0.2, 0.25) is 11.9 Å². The number of aromatic nitrogens is 3. The van der Waals surface area contributed by atoms with E-state index in [2.05, 4.69) is 46.3 Å². The summed E-state index contributed by atoms with van der Waals surface area (Å²) in [5.41, 5.74) is 2.87. The number of halogens is 1. The molecule has 1 aliphatic heterocycles. The van der Waals surface area contributed by atoms with Crippen molar-refractivity contribution >= 4 is 34.4 Å². The maximum absolute atomic E-state index is 14.6. The van der Waals surface area contributed by atoms with Crippen LogP contribution in [0.5, 0.6) is 11.5 Å². The predicted octanol–water partition coefficient (Wildman–Crippen LogP) is 5.59. The number of nitrogens with zero attached hydrogens (tertiary/aromatic N) is 4. The van der Waals surface area contributed by atoms with Gasteiger partial charge in [-0.25, -0.2) is 14.4 Å². The highest BCUT2D eigenvalue weighted by Crippen LogP contribution is 2.31. The number of hydrogen-bond donors (Lipinski definition) is 2. The maximum Gasteiger partial charge on any atom is 0.239 e. The number of nitrogens with one attached hydrogen (secondary N) is 2. The van der Waals surface area contributed by atoms with Gasteiger partial charge in [0, 0.05) is 25.4 Å². The number of fused-ring (bicyclic) bond motifs is 1. The lowest BCUT2D eigenvalue weighted by Crippen LogP contribution is -2.42. The zero-order chi connectivity index (χ0) is 26.2. The van der Waals surface area contributed by atoms with Crippen molar-refractivity contribution in [3.05, 3.63) is 66.1 Å². The summed E-state index contributed by atoms with van der Waals surface area (Å²) in [5.74, 6) is 1.66. The van der Waals surface area contributed by atoms with E-state index < -0.39 is 0 Å². The number of anilines is 3. The normalized spacial score (nSPS) is 13.9. The van der Waals surface area contributed by atoms with Crippen LogP contribution >= 0.6 is 0 Å². The smallest absolute Gasteiger partial charge is 0.239 e. The third-order valence-electron chi connectivity index (χ3n) is 6.48. The Kier molecular flexibility index (Phi) is 6.55. The highest BCUT2D eigenvalue weighted by atomic mass is 19.1. The number of pyridine rings is 1. The summed E-state index contributed by atoms with van der Waals surface area (Å²) in [6, 6.07) is 14.1. The summed E-state index contributed by atoms with van der Waals surface area (Å²) < 4.78 is 22.5. The molecule has 0 aliphatic carbocycles. The van der Waals surface area contributed by atoms with Crippen molar-refractivity contribution in [1.29, 1.82) is 0 Å². The van der Waals surface area contributed by atoms with Gasteiger partial charge in [0.25, 0.3) is 0 Å². The van der Waals surface area contributed by atoms with Crippen molar-refractivity contribution < 1.29 is 13.9 Å². The monoisotopic (exact) mass is 502 g/mol. The zero-order valence-electron chi connectivity index (χ0n) is 21.5. The molecular formula is C28H31FN6O2. The Morgan fingerprint density at radius 2 is 1.86 bits per heavy atom. The van der Waals surface area contributed by atoms with Crippen LogP contribution in [0.15, 0.2) is 54.7 Å². The first-order chi connectivity index (χ1) is 17.7. The number of imidazole rings is 1. The fourth-order valence-electron chi connectivity index (χ4n) is 4.17. The number of likely N-dealkylation sites (tertiary alicyclic amines) is 1. The van der Waals surface area contributed by atoms with Gasteiger partial charge in [-0.05, 0) is 60.8 Å². The summed E-state index contributed by atoms with van der Waals surface area (Å²) in [6.45, 7) is 8.55. The van der Waals surface area contributed by atoms with E-state index in [1.165, 1.54) is 6.07 Å². The van der Waals surface area contributed by atoms with Gasteiger partial charge in [-0.15, -0.1) is 0 Å². The summed E-state index contributed by atoms with van der Waals surface area (Å²) in [7, 11) is 1.88. The van der Waals surface area contributed by atoms with Gasteiger partial charge in [-0.1, -0.05) is 26.8 Å². The molecule has 3 heterocycles. The first-order valence-electron chi connectivity index (χ1n) is 12.4. The van der Waals surface area contributed by atoms with Gasteiger partial charge >= 0.3 is 0 Å². The second-order valence-corrected chi connectivity index (χ2v) is 10.4. The lowest BCUT2D eigenvalue weighted by atomic mass is 9.87. The molecule has 9 heteroatoms. The Morgan fingerprint density at radius 3 is 2.59 bits per heavy atom. The standard InChI is InChI=1S/C28H31FN6O2/c1-28(2,3)18-6-8-21(29)22(14-18)31-27-32-23-15-19(7-9-24(23)34(27)4)37-20-10-11-30-25(16-20)33-26(36)17-35-12-5-13-35/h6-11,14-16H,5,12-13,17H2,1-4H3,(H,31,32)(H,30,33,36). The van der Waals surface area contributed by atoms with E-state index >= 15 is 0 Å². The number of aryl methyl sites for hydroxylation is 1. The van der Waals surface area contributed by atoms with Crippen molar-refractivity contribution in [1.82, 2.24) is 19.4 Å². The quantitative estimate of drug-likeness (QED) is 0.343. The van der Waals surface area contributed by atoms with Crippen molar-refractivity contribution in [3.8, 4) is 11.5 Å². The number of rotatable bonds is 7. The van der Waals surface area contributed by atoms with Crippen LogP contribution in [0.1, 0.15) is 32.8 Å². The predicted molar refractivity (Wildman–Crippen MR) is 143 cm³/mol. The maximum atomic E-state index is 14.6. The third-order valence-corrected chi connectivity index (χ3v) is 6.48. The Balaban J connectivity index is 1.32. The van der Waals surface area contributed by atoms with Crippen LogP contribution in [0.2, 0.25) is 0 Å². The Hall–Kier alpha value is -3.98. The van der Waals surface area contributed by atoms with E-state index in [-0.39, 0.29) is 17.1 Å². The largest absolute Gasteiger partial charge is 0.457 e. The van der Waals surface area contributed by atoms with Gasteiger partial charge in [0.1, 0.15) is 23.1 Å². The molecule has 0 atom stereocenters. The van der Waals surface area contributed by atoms with E-state index in [1.807, 2.05) is 35.9 Å². The van der Waals surface area contributed by atoms with E-state index in [0.29, 0.717) is 41.0 Å². The molecular weight excluding hydrogens is 471 g/mol. The molecule has 0 radical (unpaired) electrons. The van der Waals surface area contributed by atoms with E-state index in [4.69, 9.17) is 4.74 Å². The topological polar surface area (TPSA) is 84.3 Å². The Morgan fingerprint density at radius 1 is 1.08 bits per heavy atom. The van der Waals surface area contributed by atoms with Crippen molar-refractivity contribution in [2.45, 2.75) is 32.6 Å². The lowest BCUT2D eigenvalue weighted by molar-refractivity contribution is -0.118. The minimum Gasteiger partial charge on any atom is -0.457 e. The lowest BCUT2D eigenvalue weighted by Gasteiger charge is -2.29. The fourth-order valence-corrected chi connectivity index (χ4v) is 4.17. The molecule has 2 aromatic carbocycles. The summed E-state index contributed by atoms with van der Waals surface area (Å²) in [6.07, 6.45) is 2.73. The van der Waals surface area contributed by atoms with Crippen molar-refractivity contribution in [2.24, 2.45) is 7.05 Å². The second-order valence-electron chi connectivity index (χ2n) is 10.4. The number of carbonyl (C=O) groups is 1. The third kappa shape index (κ3) is 5.56. The molecule has 5 rings (SSSR count). The number of hydrogen-bond acceptors (Lipinski definition) is 6. The van der Waals surface area contributed by atoms with Gasteiger partial charge < -0.3 is 19.9 Å².